The summed E-state index contributed by atoms with van der Waals surface area (Å²) in [7, 11) is 0. The zero-order chi connectivity index (χ0) is 15.8. The fraction of sp³-hybridized carbons (Fsp3) is 0.350. The highest BCUT2D eigenvalue weighted by Crippen LogP contribution is 2.19. The summed E-state index contributed by atoms with van der Waals surface area (Å²) >= 11 is 0. The second-order valence-electron chi connectivity index (χ2n) is 5.57. The van der Waals surface area contributed by atoms with Gasteiger partial charge in [-0.05, 0) is 30.0 Å². The van der Waals surface area contributed by atoms with Crippen LogP contribution in [0.4, 0.5) is 0 Å². The maximum Gasteiger partial charge on any atom is 0.226 e. The number of hydrogen-bond acceptors (Lipinski definition) is 1. The third-order valence-electron chi connectivity index (χ3n) is 3.93. The van der Waals surface area contributed by atoms with Crippen LogP contribution in [0.3, 0.4) is 0 Å². The summed E-state index contributed by atoms with van der Waals surface area (Å²) in [6.45, 7) is 5.86. The molecule has 0 N–H and O–H groups in total. The fourth-order valence-electron chi connectivity index (χ4n) is 2.54. The minimum Gasteiger partial charge on any atom is -0.343 e. The third kappa shape index (κ3) is 4.45. The molecule has 0 atom stereocenters. The number of likely N-dealkylation sites (N-methyl/N-ethyl adjacent to an activating group) is 1. The summed E-state index contributed by atoms with van der Waals surface area (Å²) in [5, 5.41) is 0. The smallest absolute Gasteiger partial charge is 0.226 e. The molecule has 0 heterocycles. The van der Waals surface area contributed by atoms with E-state index in [0.717, 1.165) is 31.5 Å². The van der Waals surface area contributed by atoms with Crippen molar-refractivity contribution in [3.05, 3.63) is 60.2 Å². The van der Waals surface area contributed by atoms with Gasteiger partial charge < -0.3 is 4.90 Å². The zero-order valence-electron chi connectivity index (χ0n) is 13.6. The first-order valence-corrected chi connectivity index (χ1v) is 8.16. The van der Waals surface area contributed by atoms with Crippen LogP contribution in [0.1, 0.15) is 32.3 Å². The Morgan fingerprint density at radius 3 is 2.14 bits per heavy atom. The largest absolute Gasteiger partial charge is 0.343 e. The Morgan fingerprint density at radius 2 is 1.55 bits per heavy atom. The molecule has 22 heavy (non-hydrogen) atoms. The highest BCUT2D eigenvalue weighted by molar-refractivity contribution is 5.79. The van der Waals surface area contributed by atoms with Gasteiger partial charge in [-0.3, -0.25) is 4.79 Å². The molecular formula is C20H25NO. The molecule has 116 valence electrons. The van der Waals surface area contributed by atoms with E-state index in [4.69, 9.17) is 0 Å². The lowest BCUT2D eigenvalue weighted by atomic mass is 10.0. The molecule has 0 bridgehead atoms. The molecule has 2 nitrogen and oxygen atoms in total. The van der Waals surface area contributed by atoms with E-state index >= 15 is 0 Å². The Kier molecular flexibility index (Phi) is 6.20. The molecule has 2 heteroatoms. The average Bonchev–Trinajstić information content (AvgIpc) is 2.57. The predicted molar refractivity (Wildman–Crippen MR) is 92.7 cm³/mol. The molecule has 2 aromatic rings. The second kappa shape index (κ2) is 8.38. The van der Waals surface area contributed by atoms with Gasteiger partial charge in [-0.15, -0.1) is 0 Å². The molecule has 2 rings (SSSR count). The van der Waals surface area contributed by atoms with Crippen molar-refractivity contribution in [3.63, 3.8) is 0 Å². The van der Waals surface area contributed by atoms with Gasteiger partial charge >= 0.3 is 0 Å². The minimum absolute atomic E-state index is 0.225. The van der Waals surface area contributed by atoms with E-state index in [1.165, 1.54) is 11.1 Å². The lowest BCUT2D eigenvalue weighted by Gasteiger charge is -2.20. The molecule has 0 fully saturated rings. The number of unbranched alkanes of at least 4 members (excludes halogenated alkanes) is 1. The summed E-state index contributed by atoms with van der Waals surface area (Å²) in [6.07, 6.45) is 2.69. The van der Waals surface area contributed by atoms with Gasteiger partial charge in [-0.25, -0.2) is 0 Å². The molecular weight excluding hydrogens is 270 g/mol. The molecule has 0 unspecified atom stereocenters. The first-order valence-electron chi connectivity index (χ1n) is 8.16. The van der Waals surface area contributed by atoms with Crippen LogP contribution < -0.4 is 0 Å². The molecule has 0 aromatic heterocycles. The monoisotopic (exact) mass is 295 g/mol. The van der Waals surface area contributed by atoms with Gasteiger partial charge in [0.2, 0.25) is 5.91 Å². The second-order valence-corrected chi connectivity index (χ2v) is 5.57. The van der Waals surface area contributed by atoms with Crippen molar-refractivity contribution in [2.45, 2.75) is 33.1 Å². The van der Waals surface area contributed by atoms with Crippen LogP contribution in [0.5, 0.6) is 0 Å². The molecule has 0 aliphatic rings. The summed E-state index contributed by atoms with van der Waals surface area (Å²) in [5.74, 6) is 0.225. The Morgan fingerprint density at radius 1 is 0.909 bits per heavy atom. The van der Waals surface area contributed by atoms with Crippen LogP contribution >= 0.6 is 0 Å². The van der Waals surface area contributed by atoms with E-state index in [1.54, 1.807) is 0 Å². The number of rotatable bonds is 7. The van der Waals surface area contributed by atoms with Gasteiger partial charge in [0.25, 0.3) is 0 Å². The van der Waals surface area contributed by atoms with Crippen molar-refractivity contribution in [3.8, 4) is 11.1 Å². The van der Waals surface area contributed by atoms with Gasteiger partial charge in [0.1, 0.15) is 0 Å². The Labute approximate surface area is 133 Å². The summed E-state index contributed by atoms with van der Waals surface area (Å²) < 4.78 is 0. The zero-order valence-corrected chi connectivity index (χ0v) is 13.6. The topological polar surface area (TPSA) is 20.3 Å². The van der Waals surface area contributed by atoms with Gasteiger partial charge in [0.15, 0.2) is 0 Å². The molecule has 0 radical (unpaired) electrons. The predicted octanol–water partition coefficient (Wildman–Crippen LogP) is 4.54. The number of nitrogens with zero attached hydrogens (tertiary/aromatic N) is 1. The van der Waals surface area contributed by atoms with Crippen LogP contribution in [-0.4, -0.2) is 23.9 Å². The SMILES string of the molecule is CCCCN(CC)C(=O)Cc1ccc(-c2ccccc2)cc1. The molecule has 0 aliphatic heterocycles. The van der Waals surface area contributed by atoms with Gasteiger partial charge in [0.05, 0.1) is 6.42 Å². The highest BCUT2D eigenvalue weighted by atomic mass is 16.2. The van der Waals surface area contributed by atoms with Gasteiger partial charge in [0, 0.05) is 13.1 Å². The van der Waals surface area contributed by atoms with Gasteiger partial charge in [-0.2, -0.15) is 0 Å². The maximum absolute atomic E-state index is 12.3. The first-order chi connectivity index (χ1) is 10.7. The van der Waals surface area contributed by atoms with Crippen molar-refractivity contribution in [2.24, 2.45) is 0 Å². The van der Waals surface area contributed by atoms with Gasteiger partial charge in [-0.1, -0.05) is 67.9 Å². The minimum atomic E-state index is 0.225. The van der Waals surface area contributed by atoms with Crippen LogP contribution in [0.2, 0.25) is 0 Å². The molecule has 0 saturated heterocycles. The Hall–Kier alpha value is -2.09. The molecule has 1 amide bonds. The van der Waals surface area contributed by atoms with E-state index in [2.05, 4.69) is 43.3 Å². The molecule has 0 saturated carbocycles. The van der Waals surface area contributed by atoms with Crippen LogP contribution in [-0.2, 0) is 11.2 Å². The van der Waals surface area contributed by atoms with E-state index in [9.17, 15) is 4.79 Å². The van der Waals surface area contributed by atoms with Crippen molar-refractivity contribution < 1.29 is 4.79 Å². The molecule has 0 aliphatic carbocycles. The maximum atomic E-state index is 12.3. The average molecular weight is 295 g/mol. The van der Waals surface area contributed by atoms with E-state index in [1.807, 2.05) is 30.0 Å². The quantitative estimate of drug-likeness (QED) is 0.734. The normalized spacial score (nSPS) is 10.5. The summed E-state index contributed by atoms with van der Waals surface area (Å²) in [6, 6.07) is 18.6. The summed E-state index contributed by atoms with van der Waals surface area (Å²) in [5.41, 5.74) is 3.48. The van der Waals surface area contributed by atoms with Crippen molar-refractivity contribution in [1.82, 2.24) is 4.90 Å². The van der Waals surface area contributed by atoms with E-state index < -0.39 is 0 Å². The standard InChI is InChI=1S/C20H25NO/c1-3-5-15-21(4-2)20(22)16-17-11-13-19(14-12-17)18-9-7-6-8-10-18/h6-14H,3-5,15-16H2,1-2H3. The third-order valence-corrected chi connectivity index (χ3v) is 3.93. The van der Waals surface area contributed by atoms with Crippen LogP contribution in [0.25, 0.3) is 11.1 Å². The number of hydrogen-bond donors (Lipinski definition) is 0. The van der Waals surface area contributed by atoms with Crippen LogP contribution in [0.15, 0.2) is 54.6 Å². The highest BCUT2D eigenvalue weighted by Gasteiger charge is 2.11. The lowest BCUT2D eigenvalue weighted by Crippen LogP contribution is -2.32. The molecule has 2 aromatic carbocycles. The number of benzene rings is 2. The Balaban J connectivity index is 2.00. The summed E-state index contributed by atoms with van der Waals surface area (Å²) in [4.78, 5) is 14.3. The number of amides is 1. The van der Waals surface area contributed by atoms with E-state index in [-0.39, 0.29) is 5.91 Å². The van der Waals surface area contributed by atoms with Crippen LogP contribution in [0, 0.1) is 0 Å². The molecule has 0 spiro atoms. The van der Waals surface area contributed by atoms with Crippen molar-refractivity contribution in [2.75, 3.05) is 13.1 Å². The number of carbonyl (C=O) groups excluding carboxylic acids is 1. The van der Waals surface area contributed by atoms with Crippen molar-refractivity contribution >= 4 is 5.91 Å². The van der Waals surface area contributed by atoms with E-state index in [0.29, 0.717) is 6.42 Å². The first kappa shape index (κ1) is 16.3. The lowest BCUT2D eigenvalue weighted by molar-refractivity contribution is -0.130. The van der Waals surface area contributed by atoms with Crippen molar-refractivity contribution in [1.29, 1.82) is 0 Å². The number of carbonyl (C=O) groups is 1. The Bertz CT molecular complexity index is 574. The fourth-order valence-corrected chi connectivity index (χ4v) is 2.54.